The van der Waals surface area contributed by atoms with Gasteiger partial charge >= 0.3 is 5.69 Å². The molecule has 1 N–H and O–H groups in total. The minimum absolute atomic E-state index is 0.130. The normalized spacial score (nSPS) is 11.4. The molecule has 1 heterocycles. The highest BCUT2D eigenvalue weighted by molar-refractivity contribution is 7.90. The number of rotatable bonds is 4. The van der Waals surface area contributed by atoms with Crippen molar-refractivity contribution in [2.45, 2.75) is 18.7 Å². The number of nitro groups is 1. The highest BCUT2D eigenvalue weighted by atomic mass is 32.2. The highest BCUT2D eigenvalue weighted by Crippen LogP contribution is 2.32. The second-order valence-corrected chi connectivity index (χ2v) is 6.73. The third-order valence-corrected chi connectivity index (χ3v) is 4.21. The maximum atomic E-state index is 11.7. The van der Waals surface area contributed by atoms with E-state index in [-0.39, 0.29) is 10.6 Å². The zero-order valence-corrected chi connectivity index (χ0v) is 12.6. The largest absolute Gasteiger partial charge is 0.312 e. The number of sulfone groups is 1. The van der Waals surface area contributed by atoms with Crippen molar-refractivity contribution in [3.8, 4) is 0 Å². The minimum Gasteiger partial charge on any atom is -0.288 e. The fourth-order valence-corrected chi connectivity index (χ4v) is 2.93. The summed E-state index contributed by atoms with van der Waals surface area (Å²) in [6.07, 6.45) is 0.950. The van der Waals surface area contributed by atoms with Gasteiger partial charge < -0.3 is 0 Å². The van der Waals surface area contributed by atoms with Crippen LogP contribution in [0.3, 0.4) is 0 Å². The van der Waals surface area contributed by atoms with Crippen LogP contribution in [0.15, 0.2) is 35.2 Å². The van der Waals surface area contributed by atoms with Crippen LogP contribution in [0.5, 0.6) is 0 Å². The summed E-state index contributed by atoms with van der Waals surface area (Å²) >= 11 is 0. The summed E-state index contributed by atoms with van der Waals surface area (Å²) in [4.78, 5) is 10.3. The lowest BCUT2D eigenvalue weighted by molar-refractivity contribution is -0.386. The first-order valence-electron chi connectivity index (χ1n) is 6.11. The van der Waals surface area contributed by atoms with Crippen LogP contribution >= 0.6 is 0 Å². The van der Waals surface area contributed by atoms with Gasteiger partial charge in [-0.15, -0.1) is 0 Å². The highest BCUT2D eigenvalue weighted by Gasteiger charge is 2.26. The average molecular weight is 309 g/mol. The van der Waals surface area contributed by atoms with Gasteiger partial charge in [0.25, 0.3) is 0 Å². The lowest BCUT2D eigenvalue weighted by Gasteiger charge is -2.13. The summed E-state index contributed by atoms with van der Waals surface area (Å²) in [5, 5.41) is 11.3. The molecule has 0 spiro atoms. The van der Waals surface area contributed by atoms with Gasteiger partial charge in [-0.3, -0.25) is 20.2 Å². The molecule has 8 heteroatoms. The quantitative estimate of drug-likeness (QED) is 0.690. The number of nitrogens with one attached hydrogen (secondary N) is 1. The van der Waals surface area contributed by atoms with Crippen LogP contribution in [-0.4, -0.2) is 24.3 Å². The molecule has 21 heavy (non-hydrogen) atoms. The number of hydrogen-bond acceptors (Lipinski definition) is 5. The predicted octanol–water partition coefficient (Wildman–Crippen LogP) is 2.29. The lowest BCUT2D eigenvalue weighted by atomic mass is 10.3. The molecule has 0 bridgehead atoms. The van der Waals surface area contributed by atoms with Gasteiger partial charge in [-0.2, -0.15) is 0 Å². The number of aryl methyl sites for hydroxylation is 2. The van der Waals surface area contributed by atoms with Crippen molar-refractivity contribution in [3.05, 3.63) is 51.8 Å². The predicted molar refractivity (Wildman–Crippen MR) is 79.1 cm³/mol. The molecule has 0 aliphatic rings. The Morgan fingerprint density at radius 1 is 1.14 bits per heavy atom. The number of nitro benzene ring substituents is 1. The van der Waals surface area contributed by atoms with Crippen molar-refractivity contribution in [2.75, 3.05) is 11.7 Å². The number of nitrogens with zero attached hydrogens (tertiary/aromatic N) is 2. The van der Waals surface area contributed by atoms with Crippen molar-refractivity contribution >= 4 is 21.2 Å². The van der Waals surface area contributed by atoms with Crippen LogP contribution in [-0.2, 0) is 9.84 Å². The molecular weight excluding hydrogens is 294 g/mol. The first kappa shape index (κ1) is 15.0. The number of anilines is 1. The maximum Gasteiger partial charge on any atom is 0.312 e. The molecule has 0 aliphatic carbocycles. The molecule has 0 saturated heterocycles. The molecule has 0 atom stereocenters. The van der Waals surface area contributed by atoms with E-state index in [0.29, 0.717) is 0 Å². The van der Waals surface area contributed by atoms with Crippen LogP contribution in [0.2, 0.25) is 0 Å². The van der Waals surface area contributed by atoms with Crippen molar-refractivity contribution in [2.24, 2.45) is 0 Å². The molecule has 0 unspecified atom stereocenters. The van der Waals surface area contributed by atoms with Crippen molar-refractivity contribution < 1.29 is 13.3 Å². The number of benzene rings is 1. The van der Waals surface area contributed by atoms with Gasteiger partial charge in [0.15, 0.2) is 9.84 Å². The maximum absolute atomic E-state index is 11.7. The molecular formula is C13H15N3O4S. The Kier molecular flexibility index (Phi) is 3.73. The topological polar surface area (TPSA) is 94.2 Å². The van der Waals surface area contributed by atoms with Crippen molar-refractivity contribution in [3.63, 3.8) is 0 Å². The Morgan fingerprint density at radius 2 is 1.71 bits per heavy atom. The summed E-state index contributed by atoms with van der Waals surface area (Å²) in [5.41, 5.74) is 4.28. The summed E-state index contributed by atoms with van der Waals surface area (Å²) in [7, 11) is -3.69. The zero-order chi connectivity index (χ0) is 15.8. The molecule has 2 aromatic rings. The van der Waals surface area contributed by atoms with Gasteiger partial charge in [-0.1, -0.05) is 6.07 Å². The van der Waals surface area contributed by atoms with Crippen LogP contribution < -0.4 is 5.43 Å². The van der Waals surface area contributed by atoms with Gasteiger partial charge in [0.2, 0.25) is 0 Å². The Balaban J connectivity index is 2.63. The van der Waals surface area contributed by atoms with E-state index in [1.165, 1.54) is 18.2 Å². The summed E-state index contributed by atoms with van der Waals surface area (Å²) < 4.78 is 25.1. The third-order valence-electron chi connectivity index (χ3n) is 3.08. The van der Waals surface area contributed by atoms with Crippen molar-refractivity contribution in [1.82, 2.24) is 4.68 Å². The number of aromatic nitrogens is 1. The molecule has 0 saturated carbocycles. The zero-order valence-electron chi connectivity index (χ0n) is 11.8. The molecule has 2 rings (SSSR count). The van der Waals surface area contributed by atoms with E-state index in [2.05, 4.69) is 5.43 Å². The molecule has 1 aromatic heterocycles. The Bertz CT molecular complexity index is 789. The molecule has 1 aromatic carbocycles. The van der Waals surface area contributed by atoms with Crippen LogP contribution in [0.25, 0.3) is 0 Å². The lowest BCUT2D eigenvalue weighted by Crippen LogP contribution is -2.14. The van der Waals surface area contributed by atoms with E-state index in [9.17, 15) is 18.5 Å². The number of para-hydroxylation sites is 1. The van der Waals surface area contributed by atoms with Gasteiger partial charge in [0.05, 0.1) is 4.92 Å². The van der Waals surface area contributed by atoms with Crippen LogP contribution in [0.4, 0.5) is 11.4 Å². The standard InChI is InChI=1S/C13H15N3O4S/c1-9-7-8-10(2)15(9)14-11-5-4-6-12(21(3,19)20)13(11)16(17)18/h4-8,14H,1-3H3. The average Bonchev–Trinajstić information content (AvgIpc) is 2.69. The van der Waals surface area contributed by atoms with Gasteiger partial charge in [0, 0.05) is 17.6 Å². The Labute approximate surface area is 122 Å². The monoisotopic (exact) mass is 309 g/mol. The van der Waals surface area contributed by atoms with Crippen molar-refractivity contribution in [1.29, 1.82) is 0 Å². The third kappa shape index (κ3) is 2.89. The minimum atomic E-state index is -3.69. The van der Waals surface area contributed by atoms with E-state index < -0.39 is 20.4 Å². The van der Waals surface area contributed by atoms with E-state index in [1.807, 2.05) is 26.0 Å². The van der Waals surface area contributed by atoms with Gasteiger partial charge in [-0.25, -0.2) is 8.42 Å². The smallest absolute Gasteiger partial charge is 0.288 e. The van der Waals surface area contributed by atoms with E-state index in [1.54, 1.807) is 4.68 Å². The first-order valence-corrected chi connectivity index (χ1v) is 8.00. The van der Waals surface area contributed by atoms with Gasteiger partial charge in [-0.05, 0) is 38.1 Å². The molecule has 0 aliphatic heterocycles. The first-order chi connectivity index (χ1) is 9.71. The molecule has 7 nitrogen and oxygen atoms in total. The second-order valence-electron chi connectivity index (χ2n) is 4.74. The van der Waals surface area contributed by atoms with E-state index >= 15 is 0 Å². The van der Waals surface area contributed by atoms with E-state index in [0.717, 1.165) is 17.6 Å². The fourth-order valence-electron chi connectivity index (χ4n) is 2.07. The second kappa shape index (κ2) is 5.21. The molecule has 112 valence electrons. The molecule has 0 radical (unpaired) electrons. The molecule has 0 fully saturated rings. The van der Waals surface area contributed by atoms with Crippen LogP contribution in [0, 0.1) is 24.0 Å². The molecule has 0 amide bonds. The van der Waals surface area contributed by atoms with E-state index in [4.69, 9.17) is 0 Å². The Hall–Kier alpha value is -2.35. The Morgan fingerprint density at radius 3 is 2.19 bits per heavy atom. The fraction of sp³-hybridized carbons (Fsp3) is 0.231. The number of hydrogen-bond donors (Lipinski definition) is 1. The summed E-state index contributed by atoms with van der Waals surface area (Å²) in [6.45, 7) is 3.68. The van der Waals surface area contributed by atoms with Gasteiger partial charge in [0.1, 0.15) is 10.6 Å². The summed E-state index contributed by atoms with van der Waals surface area (Å²) in [5.74, 6) is 0. The summed E-state index contributed by atoms with van der Waals surface area (Å²) in [6, 6.07) is 7.89. The van der Waals surface area contributed by atoms with Crippen LogP contribution in [0.1, 0.15) is 11.4 Å². The SMILES string of the molecule is Cc1ccc(C)n1Nc1cccc(S(C)(=O)=O)c1[N+](=O)[O-].